The van der Waals surface area contributed by atoms with Gasteiger partial charge in [0, 0.05) is 0 Å². The molecule has 1 saturated heterocycles. The molecule has 122 valence electrons. The first kappa shape index (κ1) is 16.2. The summed E-state index contributed by atoms with van der Waals surface area (Å²) in [6, 6.07) is 19.2. The van der Waals surface area contributed by atoms with E-state index in [4.69, 9.17) is 4.74 Å². The van der Waals surface area contributed by atoms with Crippen LogP contribution in [0.4, 0.5) is 0 Å². The minimum Gasteiger partial charge on any atom is -0.368 e. The van der Waals surface area contributed by atoms with Crippen molar-refractivity contribution in [1.29, 1.82) is 0 Å². The molecule has 1 aliphatic rings. The Balaban J connectivity index is 1.75. The molecule has 2 nitrogen and oxygen atoms in total. The average molecular weight is 309 g/mol. The normalized spacial score (nSPS) is 18.0. The Morgan fingerprint density at radius 3 is 2.35 bits per heavy atom. The zero-order valence-electron chi connectivity index (χ0n) is 14.2. The summed E-state index contributed by atoms with van der Waals surface area (Å²) in [5, 5.41) is 0. The zero-order chi connectivity index (χ0) is 16.1. The summed E-state index contributed by atoms with van der Waals surface area (Å²) in [7, 11) is 2.21. The molecule has 0 bridgehead atoms. The van der Waals surface area contributed by atoms with E-state index in [9.17, 15) is 0 Å². The first-order valence-electron chi connectivity index (χ1n) is 8.64. The van der Waals surface area contributed by atoms with Gasteiger partial charge in [0.1, 0.15) is 6.10 Å². The topological polar surface area (TPSA) is 12.5 Å². The molecule has 0 radical (unpaired) electrons. The Bertz CT molecular complexity index is 602. The lowest BCUT2D eigenvalue weighted by molar-refractivity contribution is 0.0337. The van der Waals surface area contributed by atoms with Crippen molar-refractivity contribution in [3.05, 3.63) is 71.3 Å². The van der Waals surface area contributed by atoms with E-state index in [-0.39, 0.29) is 6.10 Å². The second-order valence-corrected chi connectivity index (χ2v) is 6.73. The summed E-state index contributed by atoms with van der Waals surface area (Å²) in [4.78, 5) is 2.41. The van der Waals surface area contributed by atoms with E-state index < -0.39 is 0 Å². The minimum absolute atomic E-state index is 0.0389. The molecule has 1 aliphatic heterocycles. The van der Waals surface area contributed by atoms with Gasteiger partial charge in [0.2, 0.25) is 0 Å². The van der Waals surface area contributed by atoms with Crippen LogP contribution in [0.2, 0.25) is 0 Å². The van der Waals surface area contributed by atoms with Gasteiger partial charge in [0.25, 0.3) is 0 Å². The highest BCUT2D eigenvalue weighted by molar-refractivity contribution is 5.35. The number of hydrogen-bond donors (Lipinski definition) is 0. The van der Waals surface area contributed by atoms with Crippen LogP contribution in [0.1, 0.15) is 35.6 Å². The third kappa shape index (κ3) is 4.21. The van der Waals surface area contributed by atoms with Crippen LogP contribution in [-0.4, -0.2) is 31.6 Å². The molecule has 0 N–H and O–H groups in total. The van der Waals surface area contributed by atoms with E-state index in [0.717, 1.165) is 6.61 Å². The van der Waals surface area contributed by atoms with Crippen LogP contribution < -0.4 is 0 Å². The summed E-state index contributed by atoms with van der Waals surface area (Å²) in [5.41, 5.74) is 3.83. The molecule has 0 spiro atoms. The number of piperidine rings is 1. The molecule has 1 fully saturated rings. The fourth-order valence-corrected chi connectivity index (χ4v) is 3.34. The molecule has 0 aromatic heterocycles. The fourth-order valence-electron chi connectivity index (χ4n) is 3.34. The molecule has 3 rings (SSSR count). The van der Waals surface area contributed by atoms with Crippen LogP contribution in [0.5, 0.6) is 0 Å². The molecule has 23 heavy (non-hydrogen) atoms. The molecule has 2 aromatic rings. The molecule has 0 saturated carbocycles. The zero-order valence-corrected chi connectivity index (χ0v) is 14.2. The lowest BCUT2D eigenvalue weighted by Crippen LogP contribution is -2.32. The second kappa shape index (κ2) is 7.76. The predicted molar refractivity (Wildman–Crippen MR) is 95.6 cm³/mol. The predicted octanol–water partition coefficient (Wildman–Crippen LogP) is 4.44. The highest BCUT2D eigenvalue weighted by Crippen LogP contribution is 2.30. The maximum absolute atomic E-state index is 6.45. The molecular formula is C21H27NO. The summed E-state index contributed by atoms with van der Waals surface area (Å²) in [6.07, 6.45) is 2.52. The Kier molecular flexibility index (Phi) is 5.47. The lowest BCUT2D eigenvalue weighted by Gasteiger charge is -2.30. The smallest absolute Gasteiger partial charge is 0.108 e. The van der Waals surface area contributed by atoms with Crippen molar-refractivity contribution in [2.45, 2.75) is 25.9 Å². The van der Waals surface area contributed by atoms with Crippen molar-refractivity contribution in [2.75, 3.05) is 26.7 Å². The van der Waals surface area contributed by atoms with Crippen LogP contribution in [0, 0.1) is 12.8 Å². The molecule has 0 amide bonds. The highest BCUT2D eigenvalue weighted by Gasteiger charge is 2.21. The molecule has 2 aromatic carbocycles. The molecule has 1 atom stereocenters. The number of benzene rings is 2. The van der Waals surface area contributed by atoms with E-state index >= 15 is 0 Å². The first-order valence-corrected chi connectivity index (χ1v) is 8.64. The number of likely N-dealkylation sites (tertiary alicyclic amines) is 1. The van der Waals surface area contributed by atoms with Crippen molar-refractivity contribution in [3.63, 3.8) is 0 Å². The van der Waals surface area contributed by atoms with Gasteiger partial charge in [-0.25, -0.2) is 0 Å². The van der Waals surface area contributed by atoms with Crippen molar-refractivity contribution in [3.8, 4) is 0 Å². The van der Waals surface area contributed by atoms with E-state index in [1.54, 1.807) is 0 Å². The summed E-state index contributed by atoms with van der Waals surface area (Å²) in [5.74, 6) is 0.682. The van der Waals surface area contributed by atoms with Gasteiger partial charge in [-0.3, -0.25) is 0 Å². The van der Waals surface area contributed by atoms with Crippen LogP contribution in [-0.2, 0) is 4.74 Å². The van der Waals surface area contributed by atoms with Crippen molar-refractivity contribution >= 4 is 0 Å². The molecule has 2 heteroatoms. The molecular weight excluding hydrogens is 282 g/mol. The van der Waals surface area contributed by atoms with Crippen molar-refractivity contribution in [2.24, 2.45) is 5.92 Å². The van der Waals surface area contributed by atoms with Crippen LogP contribution in [0.3, 0.4) is 0 Å². The Morgan fingerprint density at radius 1 is 1.00 bits per heavy atom. The van der Waals surface area contributed by atoms with Crippen LogP contribution in [0.25, 0.3) is 0 Å². The van der Waals surface area contributed by atoms with E-state index in [1.165, 1.54) is 42.6 Å². The number of aryl methyl sites for hydroxylation is 1. The fraction of sp³-hybridized carbons (Fsp3) is 0.429. The van der Waals surface area contributed by atoms with Crippen molar-refractivity contribution in [1.82, 2.24) is 4.90 Å². The van der Waals surface area contributed by atoms with Gasteiger partial charge in [-0.1, -0.05) is 54.6 Å². The van der Waals surface area contributed by atoms with Gasteiger partial charge >= 0.3 is 0 Å². The summed E-state index contributed by atoms with van der Waals surface area (Å²) >= 11 is 0. The first-order chi connectivity index (χ1) is 11.2. The van der Waals surface area contributed by atoms with E-state index in [0.29, 0.717) is 5.92 Å². The standard InChI is InChI=1S/C21H27NO/c1-17-8-6-7-11-20(17)21(19-9-4-3-5-10-19)23-16-18-12-14-22(2)15-13-18/h3-11,18,21H,12-16H2,1-2H3. The molecule has 1 unspecified atom stereocenters. The van der Waals surface area contributed by atoms with Crippen LogP contribution >= 0.6 is 0 Å². The number of rotatable bonds is 5. The summed E-state index contributed by atoms with van der Waals surface area (Å²) < 4.78 is 6.45. The number of nitrogens with zero attached hydrogens (tertiary/aromatic N) is 1. The van der Waals surface area contributed by atoms with Gasteiger partial charge in [-0.05, 0) is 62.5 Å². The third-order valence-corrected chi connectivity index (χ3v) is 4.91. The molecule has 0 aliphatic carbocycles. The van der Waals surface area contributed by atoms with Gasteiger partial charge in [-0.2, -0.15) is 0 Å². The molecule has 1 heterocycles. The maximum Gasteiger partial charge on any atom is 0.108 e. The monoisotopic (exact) mass is 309 g/mol. The Hall–Kier alpha value is -1.64. The lowest BCUT2D eigenvalue weighted by atomic mass is 9.96. The minimum atomic E-state index is 0.0389. The van der Waals surface area contributed by atoms with Gasteiger partial charge in [-0.15, -0.1) is 0 Å². The highest BCUT2D eigenvalue weighted by atomic mass is 16.5. The van der Waals surface area contributed by atoms with Gasteiger partial charge < -0.3 is 9.64 Å². The summed E-state index contributed by atoms with van der Waals surface area (Å²) in [6.45, 7) is 5.40. The Morgan fingerprint density at radius 2 is 1.65 bits per heavy atom. The number of ether oxygens (including phenoxy) is 1. The Labute approximate surface area is 140 Å². The second-order valence-electron chi connectivity index (χ2n) is 6.73. The SMILES string of the molecule is Cc1ccccc1C(OCC1CCN(C)CC1)c1ccccc1. The van der Waals surface area contributed by atoms with Crippen LogP contribution in [0.15, 0.2) is 54.6 Å². The quantitative estimate of drug-likeness (QED) is 0.809. The average Bonchev–Trinajstić information content (AvgIpc) is 2.59. The van der Waals surface area contributed by atoms with Crippen molar-refractivity contribution < 1.29 is 4.74 Å². The van der Waals surface area contributed by atoms with Gasteiger partial charge in [0.05, 0.1) is 6.61 Å². The van der Waals surface area contributed by atoms with Gasteiger partial charge in [0.15, 0.2) is 0 Å². The maximum atomic E-state index is 6.45. The third-order valence-electron chi connectivity index (χ3n) is 4.91. The largest absolute Gasteiger partial charge is 0.368 e. The van der Waals surface area contributed by atoms with E-state index in [1.807, 2.05) is 0 Å². The number of hydrogen-bond acceptors (Lipinski definition) is 2. The van der Waals surface area contributed by atoms with E-state index in [2.05, 4.69) is 73.5 Å².